The summed E-state index contributed by atoms with van der Waals surface area (Å²) in [5.74, 6) is -0.0552. The summed E-state index contributed by atoms with van der Waals surface area (Å²) >= 11 is 5.59. The molecule has 0 fully saturated rings. The van der Waals surface area contributed by atoms with Crippen LogP contribution >= 0.6 is 11.6 Å². The lowest BCUT2D eigenvalue weighted by Gasteiger charge is -2.23. The van der Waals surface area contributed by atoms with Gasteiger partial charge < -0.3 is 4.90 Å². The number of aryl methyl sites for hydroxylation is 2. The molecule has 1 rings (SSSR count). The highest BCUT2D eigenvalue weighted by atomic mass is 35.5. The molecule has 1 aromatic carbocycles. The predicted molar refractivity (Wildman–Crippen MR) is 69.5 cm³/mol. The number of nitrogens with zero attached hydrogens (tertiary/aromatic N) is 1. The van der Waals surface area contributed by atoms with Gasteiger partial charge in [-0.05, 0) is 49.9 Å². The van der Waals surface area contributed by atoms with Crippen molar-refractivity contribution in [3.8, 4) is 0 Å². The molecule has 0 heterocycles. The van der Waals surface area contributed by atoms with Crippen LogP contribution in [0.2, 0.25) is 0 Å². The topological polar surface area (TPSA) is 20.3 Å². The third-order valence-electron chi connectivity index (χ3n) is 3.15. The molecule has 88 valence electrons. The minimum atomic E-state index is -0.0714. The van der Waals surface area contributed by atoms with Crippen LogP contribution in [0.5, 0.6) is 0 Å². The first-order valence-electron chi connectivity index (χ1n) is 5.30. The molecule has 0 atom stereocenters. The molecule has 1 aromatic rings. The number of carbonyl (C=O) groups excluding carboxylic acids is 1. The van der Waals surface area contributed by atoms with Gasteiger partial charge in [0.1, 0.15) is 5.88 Å². The van der Waals surface area contributed by atoms with Crippen molar-refractivity contribution in [2.75, 3.05) is 17.8 Å². The average molecular weight is 240 g/mol. The van der Waals surface area contributed by atoms with Gasteiger partial charge in [0, 0.05) is 12.7 Å². The largest absolute Gasteiger partial charge is 0.314 e. The minimum Gasteiger partial charge on any atom is -0.314 e. The van der Waals surface area contributed by atoms with Crippen molar-refractivity contribution in [2.24, 2.45) is 0 Å². The maximum atomic E-state index is 11.6. The molecule has 2 nitrogen and oxygen atoms in total. The van der Waals surface area contributed by atoms with Crippen molar-refractivity contribution in [1.29, 1.82) is 0 Å². The van der Waals surface area contributed by atoms with Crippen molar-refractivity contribution in [2.45, 2.75) is 27.7 Å². The second-order valence-electron chi connectivity index (χ2n) is 4.20. The second kappa shape index (κ2) is 4.88. The van der Waals surface area contributed by atoms with Gasteiger partial charge in [0.05, 0.1) is 0 Å². The van der Waals surface area contributed by atoms with Gasteiger partial charge in [-0.3, -0.25) is 4.79 Å². The van der Waals surface area contributed by atoms with E-state index in [0.29, 0.717) is 0 Å². The first-order chi connectivity index (χ1) is 7.40. The Morgan fingerprint density at radius 3 is 2.00 bits per heavy atom. The van der Waals surface area contributed by atoms with Gasteiger partial charge in [0.25, 0.3) is 0 Å². The summed E-state index contributed by atoms with van der Waals surface area (Å²) in [6, 6.07) is 2.15. The van der Waals surface area contributed by atoms with Gasteiger partial charge in [0.15, 0.2) is 0 Å². The number of anilines is 1. The Hall–Kier alpha value is -1.02. The van der Waals surface area contributed by atoms with E-state index in [9.17, 15) is 4.79 Å². The fraction of sp³-hybridized carbons (Fsp3) is 0.462. The predicted octanol–water partition coefficient (Wildman–Crippen LogP) is 3.12. The average Bonchev–Trinajstić information content (AvgIpc) is 2.25. The van der Waals surface area contributed by atoms with Crippen molar-refractivity contribution in [1.82, 2.24) is 0 Å². The van der Waals surface area contributed by atoms with Crippen LogP contribution < -0.4 is 4.90 Å². The molecule has 3 heteroatoms. The fourth-order valence-electron chi connectivity index (χ4n) is 1.91. The summed E-state index contributed by atoms with van der Waals surface area (Å²) in [4.78, 5) is 13.3. The van der Waals surface area contributed by atoms with E-state index in [-0.39, 0.29) is 11.8 Å². The maximum Gasteiger partial charge on any atom is 0.241 e. The fourth-order valence-corrected chi connectivity index (χ4v) is 2.09. The Morgan fingerprint density at radius 2 is 1.62 bits per heavy atom. The van der Waals surface area contributed by atoms with Gasteiger partial charge in [0.2, 0.25) is 5.91 Å². The molecule has 0 saturated carbocycles. The third-order valence-corrected chi connectivity index (χ3v) is 3.38. The quantitative estimate of drug-likeness (QED) is 0.727. The zero-order chi connectivity index (χ0) is 12.5. The highest BCUT2D eigenvalue weighted by Gasteiger charge is 2.16. The minimum absolute atomic E-state index is 0.0162. The molecule has 0 N–H and O–H groups in total. The van der Waals surface area contributed by atoms with Crippen molar-refractivity contribution in [3.63, 3.8) is 0 Å². The number of rotatable bonds is 2. The summed E-state index contributed by atoms with van der Waals surface area (Å²) in [6.45, 7) is 8.19. The Morgan fingerprint density at radius 1 is 1.19 bits per heavy atom. The SMILES string of the molecule is Cc1cc(C)c(C)c(N(C)C(=O)CCl)c1C. The van der Waals surface area contributed by atoms with E-state index >= 15 is 0 Å². The molecular weight excluding hydrogens is 222 g/mol. The van der Waals surface area contributed by atoms with Gasteiger partial charge in [-0.15, -0.1) is 11.6 Å². The van der Waals surface area contributed by atoms with E-state index in [0.717, 1.165) is 16.8 Å². The Kier molecular flexibility index (Phi) is 3.98. The smallest absolute Gasteiger partial charge is 0.241 e. The van der Waals surface area contributed by atoms with E-state index in [1.165, 1.54) is 11.1 Å². The Bertz CT molecular complexity index is 400. The van der Waals surface area contributed by atoms with Crippen molar-refractivity contribution >= 4 is 23.2 Å². The molecular formula is C13H18ClNO. The van der Waals surface area contributed by atoms with E-state index < -0.39 is 0 Å². The van der Waals surface area contributed by atoms with Crippen molar-refractivity contribution in [3.05, 3.63) is 28.3 Å². The molecule has 0 unspecified atom stereocenters. The third kappa shape index (κ3) is 2.22. The van der Waals surface area contributed by atoms with Crippen LogP contribution in [0.3, 0.4) is 0 Å². The lowest BCUT2D eigenvalue weighted by atomic mass is 9.98. The molecule has 0 radical (unpaired) electrons. The van der Waals surface area contributed by atoms with Crippen molar-refractivity contribution < 1.29 is 4.79 Å². The van der Waals surface area contributed by atoms with Crippen LogP contribution in [-0.2, 0) is 4.79 Å². The van der Waals surface area contributed by atoms with Crippen LogP contribution in [-0.4, -0.2) is 18.8 Å². The number of benzene rings is 1. The van der Waals surface area contributed by atoms with Crippen LogP contribution in [0.25, 0.3) is 0 Å². The summed E-state index contributed by atoms with van der Waals surface area (Å²) < 4.78 is 0. The van der Waals surface area contributed by atoms with E-state index in [2.05, 4.69) is 19.9 Å². The molecule has 0 aliphatic carbocycles. The van der Waals surface area contributed by atoms with Gasteiger partial charge >= 0.3 is 0 Å². The molecule has 1 amide bonds. The number of halogens is 1. The van der Waals surface area contributed by atoms with Crippen LogP contribution in [0, 0.1) is 27.7 Å². The number of hydrogen-bond acceptors (Lipinski definition) is 1. The number of hydrogen-bond donors (Lipinski definition) is 0. The summed E-state index contributed by atoms with van der Waals surface area (Å²) in [6.07, 6.45) is 0. The second-order valence-corrected chi connectivity index (χ2v) is 4.46. The number of carbonyl (C=O) groups is 1. The highest BCUT2D eigenvalue weighted by Crippen LogP contribution is 2.29. The van der Waals surface area contributed by atoms with Crippen LogP contribution in [0.1, 0.15) is 22.3 Å². The monoisotopic (exact) mass is 239 g/mol. The molecule has 0 saturated heterocycles. The number of amides is 1. The summed E-state index contributed by atoms with van der Waals surface area (Å²) in [5, 5.41) is 0. The van der Waals surface area contributed by atoms with Gasteiger partial charge in [-0.2, -0.15) is 0 Å². The Balaban J connectivity index is 3.37. The summed E-state index contributed by atoms with van der Waals surface area (Å²) in [5.41, 5.74) is 5.68. The lowest BCUT2D eigenvalue weighted by Crippen LogP contribution is -2.29. The molecule has 0 aliphatic heterocycles. The van der Waals surface area contributed by atoms with E-state index in [4.69, 9.17) is 11.6 Å². The maximum absolute atomic E-state index is 11.6. The van der Waals surface area contributed by atoms with E-state index in [1.807, 2.05) is 13.8 Å². The first-order valence-corrected chi connectivity index (χ1v) is 5.83. The molecule has 0 spiro atoms. The molecule has 0 aromatic heterocycles. The van der Waals surface area contributed by atoms with Crippen LogP contribution in [0.4, 0.5) is 5.69 Å². The number of alkyl halides is 1. The highest BCUT2D eigenvalue weighted by molar-refractivity contribution is 6.29. The van der Waals surface area contributed by atoms with E-state index in [1.54, 1.807) is 11.9 Å². The first kappa shape index (κ1) is 13.0. The zero-order valence-corrected chi connectivity index (χ0v) is 11.3. The standard InChI is InChI=1S/C13H18ClNO/c1-8-6-9(2)11(4)13(10(8)3)15(5)12(16)7-14/h6H,7H2,1-5H3. The van der Waals surface area contributed by atoms with Gasteiger partial charge in [-0.25, -0.2) is 0 Å². The Labute approximate surface area is 102 Å². The zero-order valence-electron chi connectivity index (χ0n) is 10.5. The molecule has 0 bridgehead atoms. The van der Waals surface area contributed by atoms with Gasteiger partial charge in [-0.1, -0.05) is 6.07 Å². The lowest BCUT2D eigenvalue weighted by molar-refractivity contribution is -0.116. The molecule has 16 heavy (non-hydrogen) atoms. The molecule has 0 aliphatic rings. The van der Waals surface area contributed by atoms with Crippen LogP contribution in [0.15, 0.2) is 6.07 Å². The normalized spacial score (nSPS) is 10.4. The summed E-state index contributed by atoms with van der Waals surface area (Å²) in [7, 11) is 1.78.